The minimum Gasteiger partial charge on any atom is -0.313 e. The number of rotatable bonds is 6. The van der Waals surface area contributed by atoms with Gasteiger partial charge in [0.2, 0.25) is 0 Å². The van der Waals surface area contributed by atoms with Gasteiger partial charge in [-0.25, -0.2) is 4.98 Å². The third-order valence-electron chi connectivity index (χ3n) is 2.68. The van der Waals surface area contributed by atoms with Crippen LogP contribution in [0.4, 0.5) is 0 Å². The van der Waals surface area contributed by atoms with Crippen molar-refractivity contribution >= 4 is 39.3 Å². The first kappa shape index (κ1) is 15.8. The summed E-state index contributed by atoms with van der Waals surface area (Å²) in [6.45, 7) is 4.06. The van der Waals surface area contributed by atoms with Crippen LogP contribution in [0.2, 0.25) is 5.02 Å². The summed E-state index contributed by atoms with van der Waals surface area (Å²) in [7, 11) is 0. The van der Waals surface area contributed by atoms with Crippen LogP contribution < -0.4 is 5.32 Å². The van der Waals surface area contributed by atoms with E-state index in [1.807, 2.05) is 12.1 Å². The molecule has 0 radical (unpaired) electrons. The van der Waals surface area contributed by atoms with E-state index in [1.54, 1.807) is 18.0 Å². The number of hydrogen-bond donors (Lipinski definition) is 1. The van der Waals surface area contributed by atoms with Crippen LogP contribution in [0.25, 0.3) is 0 Å². The summed E-state index contributed by atoms with van der Waals surface area (Å²) in [5.41, 5.74) is 1.27. The molecule has 2 nitrogen and oxygen atoms in total. The standard InChI is InChI=1S/C15H16BrClN2S/c1-2-7-18-9-11-8-12(16)3-5-14(11)20-15-6-4-13(17)10-19-15/h3-6,8,10,18H,2,7,9H2,1H3. The van der Waals surface area contributed by atoms with Gasteiger partial charge in [-0.2, -0.15) is 0 Å². The Labute approximate surface area is 137 Å². The van der Waals surface area contributed by atoms with Crippen LogP contribution in [0.1, 0.15) is 18.9 Å². The van der Waals surface area contributed by atoms with Gasteiger partial charge in [-0.05, 0) is 48.9 Å². The van der Waals surface area contributed by atoms with E-state index in [4.69, 9.17) is 11.6 Å². The molecule has 0 saturated carbocycles. The Bertz CT molecular complexity index is 560. The molecule has 2 aromatic rings. The minimum atomic E-state index is 0.662. The van der Waals surface area contributed by atoms with Crippen molar-refractivity contribution in [3.63, 3.8) is 0 Å². The summed E-state index contributed by atoms with van der Waals surface area (Å²) in [5, 5.41) is 5.05. The molecule has 0 amide bonds. The van der Waals surface area contributed by atoms with Gasteiger partial charge in [-0.15, -0.1) is 0 Å². The SMILES string of the molecule is CCCNCc1cc(Br)ccc1Sc1ccc(Cl)cn1. The van der Waals surface area contributed by atoms with Gasteiger partial charge >= 0.3 is 0 Å². The van der Waals surface area contributed by atoms with Crippen molar-refractivity contribution < 1.29 is 0 Å². The van der Waals surface area contributed by atoms with Crippen LogP contribution >= 0.6 is 39.3 Å². The minimum absolute atomic E-state index is 0.662. The third-order valence-corrected chi connectivity index (χ3v) is 4.47. The second-order valence-corrected chi connectivity index (χ2v) is 6.76. The number of halogens is 2. The highest BCUT2D eigenvalue weighted by molar-refractivity contribution is 9.10. The monoisotopic (exact) mass is 370 g/mol. The first-order chi connectivity index (χ1) is 9.69. The van der Waals surface area contributed by atoms with Gasteiger partial charge in [0, 0.05) is 22.1 Å². The van der Waals surface area contributed by atoms with Crippen LogP contribution in [0.15, 0.2) is 50.9 Å². The molecular weight excluding hydrogens is 356 g/mol. The van der Waals surface area contributed by atoms with Crippen molar-refractivity contribution in [2.24, 2.45) is 0 Å². The summed E-state index contributed by atoms with van der Waals surface area (Å²) in [4.78, 5) is 5.55. The van der Waals surface area contributed by atoms with Gasteiger partial charge in [0.25, 0.3) is 0 Å². The molecule has 1 aromatic carbocycles. The zero-order valence-electron chi connectivity index (χ0n) is 11.2. The maximum atomic E-state index is 5.86. The Morgan fingerprint density at radius 3 is 2.85 bits per heavy atom. The molecule has 106 valence electrons. The van der Waals surface area contributed by atoms with E-state index in [0.717, 1.165) is 29.0 Å². The van der Waals surface area contributed by atoms with Gasteiger partial charge in [-0.1, -0.05) is 46.2 Å². The van der Waals surface area contributed by atoms with E-state index in [9.17, 15) is 0 Å². The average molecular weight is 372 g/mol. The Morgan fingerprint density at radius 1 is 1.30 bits per heavy atom. The van der Waals surface area contributed by atoms with E-state index < -0.39 is 0 Å². The molecule has 0 aliphatic carbocycles. The lowest BCUT2D eigenvalue weighted by molar-refractivity contribution is 0.669. The molecule has 0 atom stereocenters. The fourth-order valence-electron chi connectivity index (χ4n) is 1.72. The number of pyridine rings is 1. The summed E-state index contributed by atoms with van der Waals surface area (Å²) < 4.78 is 1.10. The largest absolute Gasteiger partial charge is 0.313 e. The molecule has 1 aromatic heterocycles. The van der Waals surface area contributed by atoms with Crippen LogP contribution in [0, 0.1) is 0 Å². The molecule has 1 heterocycles. The van der Waals surface area contributed by atoms with Crippen LogP contribution in [0.5, 0.6) is 0 Å². The summed E-state index contributed by atoms with van der Waals surface area (Å²) in [6.07, 6.45) is 2.81. The lowest BCUT2D eigenvalue weighted by Gasteiger charge is -2.10. The maximum Gasteiger partial charge on any atom is 0.101 e. The fraction of sp³-hybridized carbons (Fsp3) is 0.267. The van der Waals surface area contributed by atoms with Crippen molar-refractivity contribution in [3.05, 3.63) is 51.6 Å². The second-order valence-electron chi connectivity index (χ2n) is 4.35. The Kier molecular flexibility index (Phi) is 6.36. The number of nitrogens with zero attached hydrogens (tertiary/aromatic N) is 1. The number of nitrogens with one attached hydrogen (secondary N) is 1. The van der Waals surface area contributed by atoms with Crippen LogP contribution in [0.3, 0.4) is 0 Å². The first-order valence-corrected chi connectivity index (χ1v) is 8.46. The lowest BCUT2D eigenvalue weighted by Crippen LogP contribution is -2.14. The van der Waals surface area contributed by atoms with Crippen molar-refractivity contribution in [3.8, 4) is 0 Å². The smallest absolute Gasteiger partial charge is 0.101 e. The lowest BCUT2D eigenvalue weighted by atomic mass is 10.2. The van der Waals surface area contributed by atoms with E-state index in [0.29, 0.717) is 5.02 Å². The first-order valence-electron chi connectivity index (χ1n) is 6.47. The summed E-state index contributed by atoms with van der Waals surface area (Å²) in [6, 6.07) is 10.1. The van der Waals surface area contributed by atoms with Crippen molar-refractivity contribution in [1.29, 1.82) is 0 Å². The van der Waals surface area contributed by atoms with E-state index in [-0.39, 0.29) is 0 Å². The predicted octanol–water partition coefficient (Wildman–Crippen LogP) is 5.15. The van der Waals surface area contributed by atoms with Crippen molar-refractivity contribution in [2.75, 3.05) is 6.54 Å². The van der Waals surface area contributed by atoms with Gasteiger partial charge in [-0.3, -0.25) is 0 Å². The molecule has 5 heteroatoms. The molecular formula is C15H16BrClN2S. The number of benzene rings is 1. The van der Waals surface area contributed by atoms with Gasteiger partial charge in [0.1, 0.15) is 5.03 Å². The van der Waals surface area contributed by atoms with Gasteiger partial charge in [0.05, 0.1) is 5.02 Å². The molecule has 0 aliphatic rings. The second kappa shape index (κ2) is 8.03. The number of aromatic nitrogens is 1. The molecule has 1 N–H and O–H groups in total. The maximum absolute atomic E-state index is 5.86. The summed E-state index contributed by atoms with van der Waals surface area (Å²) in [5.74, 6) is 0. The highest BCUT2D eigenvalue weighted by Crippen LogP contribution is 2.31. The molecule has 0 bridgehead atoms. The molecule has 0 aliphatic heterocycles. The molecule has 2 rings (SSSR count). The highest BCUT2D eigenvalue weighted by Gasteiger charge is 2.06. The zero-order valence-corrected chi connectivity index (χ0v) is 14.4. The molecule has 0 unspecified atom stereocenters. The van der Waals surface area contributed by atoms with Crippen molar-refractivity contribution in [2.45, 2.75) is 29.8 Å². The van der Waals surface area contributed by atoms with Crippen molar-refractivity contribution in [1.82, 2.24) is 10.3 Å². The molecule has 0 fully saturated rings. The Balaban J connectivity index is 2.15. The molecule has 0 saturated heterocycles. The predicted molar refractivity (Wildman–Crippen MR) is 89.5 cm³/mol. The average Bonchev–Trinajstić information content (AvgIpc) is 2.44. The summed E-state index contributed by atoms with van der Waals surface area (Å²) >= 11 is 11.1. The van der Waals surface area contributed by atoms with Crippen LogP contribution in [-0.4, -0.2) is 11.5 Å². The molecule has 0 spiro atoms. The van der Waals surface area contributed by atoms with E-state index >= 15 is 0 Å². The number of hydrogen-bond acceptors (Lipinski definition) is 3. The molecule has 20 heavy (non-hydrogen) atoms. The third kappa shape index (κ3) is 4.77. The normalized spacial score (nSPS) is 10.8. The quantitative estimate of drug-likeness (QED) is 0.711. The fourth-order valence-corrected chi connectivity index (χ4v) is 3.11. The zero-order chi connectivity index (χ0) is 14.4. The topological polar surface area (TPSA) is 24.9 Å². The Hall–Kier alpha value is -0.550. The van der Waals surface area contributed by atoms with E-state index in [2.05, 4.69) is 51.4 Å². The Morgan fingerprint density at radius 2 is 2.15 bits per heavy atom. The van der Waals surface area contributed by atoms with Gasteiger partial charge < -0.3 is 5.32 Å². The van der Waals surface area contributed by atoms with Gasteiger partial charge in [0.15, 0.2) is 0 Å². The van der Waals surface area contributed by atoms with E-state index in [1.165, 1.54) is 10.5 Å². The highest BCUT2D eigenvalue weighted by atomic mass is 79.9. The van der Waals surface area contributed by atoms with Crippen LogP contribution in [-0.2, 0) is 6.54 Å².